The molecule has 0 amide bonds. The van der Waals surface area contributed by atoms with Gasteiger partial charge in [-0.05, 0) is 0 Å². The van der Waals surface area contributed by atoms with Crippen molar-refractivity contribution in [2.75, 3.05) is 20.0 Å². The molecule has 0 bridgehead atoms. The number of sulfone groups is 1. The van der Waals surface area contributed by atoms with Gasteiger partial charge in [0.1, 0.15) is 6.33 Å². The minimum absolute atomic E-state index is 0.0434. The smallest absolute Gasteiger partial charge is 0.261 e. The molecule has 6 nitrogen and oxygen atoms in total. The SMILES string of the molecule is CCS(=O)(=O)c1ncnc(OC)c1OC. The highest BCUT2D eigenvalue weighted by Gasteiger charge is 2.23. The second-order valence-electron chi connectivity index (χ2n) is 2.62. The van der Waals surface area contributed by atoms with E-state index in [1.807, 2.05) is 0 Å². The Labute approximate surface area is 88.2 Å². The fraction of sp³-hybridized carbons (Fsp3) is 0.500. The molecular weight excluding hydrogens is 220 g/mol. The van der Waals surface area contributed by atoms with Crippen molar-refractivity contribution >= 4 is 9.84 Å². The molecule has 0 N–H and O–H groups in total. The van der Waals surface area contributed by atoms with Crippen LogP contribution in [0.5, 0.6) is 11.6 Å². The Morgan fingerprint density at radius 2 is 1.93 bits per heavy atom. The number of nitrogens with zero attached hydrogens (tertiary/aromatic N) is 2. The highest BCUT2D eigenvalue weighted by atomic mass is 32.2. The van der Waals surface area contributed by atoms with E-state index in [4.69, 9.17) is 9.47 Å². The van der Waals surface area contributed by atoms with Gasteiger partial charge in [-0.25, -0.2) is 13.4 Å². The van der Waals surface area contributed by atoms with Crippen molar-refractivity contribution in [3.63, 3.8) is 0 Å². The first-order chi connectivity index (χ1) is 7.06. The van der Waals surface area contributed by atoms with E-state index in [0.29, 0.717) is 0 Å². The molecule has 0 spiro atoms. The molecular formula is C8H12N2O4S. The number of ether oxygens (including phenoxy) is 2. The summed E-state index contributed by atoms with van der Waals surface area (Å²) in [6.45, 7) is 1.53. The summed E-state index contributed by atoms with van der Waals surface area (Å²) in [4.78, 5) is 7.45. The molecule has 0 saturated heterocycles. The zero-order valence-electron chi connectivity index (χ0n) is 8.72. The fourth-order valence-electron chi connectivity index (χ4n) is 1.02. The molecule has 0 fully saturated rings. The Bertz CT molecular complexity index is 444. The summed E-state index contributed by atoms with van der Waals surface area (Å²) >= 11 is 0. The zero-order valence-corrected chi connectivity index (χ0v) is 9.54. The largest absolute Gasteiger partial charge is 0.489 e. The van der Waals surface area contributed by atoms with Crippen molar-refractivity contribution < 1.29 is 17.9 Å². The molecule has 0 aliphatic heterocycles. The number of hydrogen-bond acceptors (Lipinski definition) is 6. The predicted octanol–water partition coefficient (Wildman–Crippen LogP) is 0.287. The molecule has 15 heavy (non-hydrogen) atoms. The van der Waals surface area contributed by atoms with Gasteiger partial charge in [-0.2, -0.15) is 4.98 Å². The molecule has 84 valence electrons. The molecule has 0 aliphatic carbocycles. The van der Waals surface area contributed by atoms with Crippen molar-refractivity contribution in [3.05, 3.63) is 6.33 Å². The van der Waals surface area contributed by atoms with Gasteiger partial charge in [-0.15, -0.1) is 0 Å². The third-order valence-electron chi connectivity index (χ3n) is 1.81. The van der Waals surface area contributed by atoms with Gasteiger partial charge in [-0.1, -0.05) is 6.92 Å². The molecule has 0 aromatic carbocycles. The quantitative estimate of drug-likeness (QED) is 0.694. The maximum atomic E-state index is 11.6. The van der Waals surface area contributed by atoms with Crippen LogP contribution in [0.3, 0.4) is 0 Å². The minimum atomic E-state index is -3.43. The Morgan fingerprint density at radius 1 is 1.27 bits per heavy atom. The van der Waals surface area contributed by atoms with Crippen LogP contribution in [0.4, 0.5) is 0 Å². The van der Waals surface area contributed by atoms with Crippen LogP contribution in [-0.4, -0.2) is 38.4 Å². The third kappa shape index (κ3) is 2.17. The van der Waals surface area contributed by atoms with E-state index in [9.17, 15) is 8.42 Å². The fourth-order valence-corrected chi connectivity index (χ4v) is 1.96. The molecule has 0 saturated carbocycles. The van der Waals surface area contributed by atoms with Crippen LogP contribution >= 0.6 is 0 Å². The molecule has 0 unspecified atom stereocenters. The topological polar surface area (TPSA) is 78.4 Å². The lowest BCUT2D eigenvalue weighted by Gasteiger charge is -2.09. The van der Waals surface area contributed by atoms with Crippen molar-refractivity contribution in [3.8, 4) is 11.6 Å². The summed E-state index contributed by atoms with van der Waals surface area (Å²) in [6, 6.07) is 0. The van der Waals surface area contributed by atoms with E-state index >= 15 is 0 Å². The van der Waals surface area contributed by atoms with Crippen molar-refractivity contribution in [1.29, 1.82) is 0 Å². The van der Waals surface area contributed by atoms with Gasteiger partial charge in [0.25, 0.3) is 5.88 Å². The van der Waals surface area contributed by atoms with Crippen LogP contribution in [-0.2, 0) is 9.84 Å². The minimum Gasteiger partial charge on any atom is -0.489 e. The molecule has 0 atom stereocenters. The number of rotatable bonds is 4. The number of methoxy groups -OCH3 is 2. The van der Waals surface area contributed by atoms with Crippen LogP contribution in [0.2, 0.25) is 0 Å². The second-order valence-corrected chi connectivity index (χ2v) is 4.82. The normalized spacial score (nSPS) is 11.1. The van der Waals surface area contributed by atoms with Crippen molar-refractivity contribution in [1.82, 2.24) is 9.97 Å². The zero-order chi connectivity index (χ0) is 11.5. The summed E-state index contributed by atoms with van der Waals surface area (Å²) in [5.74, 6) is 0.102. The van der Waals surface area contributed by atoms with Gasteiger partial charge in [-0.3, -0.25) is 0 Å². The predicted molar refractivity (Wildman–Crippen MR) is 52.9 cm³/mol. The molecule has 1 aromatic rings. The summed E-state index contributed by atoms with van der Waals surface area (Å²) in [6.07, 6.45) is 1.13. The third-order valence-corrected chi connectivity index (χ3v) is 3.45. The van der Waals surface area contributed by atoms with Gasteiger partial charge in [0.05, 0.1) is 20.0 Å². The first-order valence-corrected chi connectivity index (χ1v) is 5.87. The van der Waals surface area contributed by atoms with Gasteiger partial charge < -0.3 is 9.47 Å². The van der Waals surface area contributed by atoms with Crippen molar-refractivity contribution in [2.45, 2.75) is 11.9 Å². The van der Waals surface area contributed by atoms with E-state index in [1.165, 1.54) is 21.1 Å². The van der Waals surface area contributed by atoms with E-state index in [1.54, 1.807) is 0 Å². The van der Waals surface area contributed by atoms with Gasteiger partial charge in [0.2, 0.25) is 10.8 Å². The van der Waals surface area contributed by atoms with Crippen LogP contribution < -0.4 is 9.47 Å². The molecule has 1 aromatic heterocycles. The highest BCUT2D eigenvalue weighted by Crippen LogP contribution is 2.30. The average Bonchev–Trinajstić information content (AvgIpc) is 2.27. The summed E-state index contributed by atoms with van der Waals surface area (Å²) in [5, 5.41) is -0.139. The lowest BCUT2D eigenvalue weighted by Crippen LogP contribution is -2.09. The Morgan fingerprint density at radius 3 is 2.40 bits per heavy atom. The molecule has 1 heterocycles. The standard InChI is InChI=1S/C8H12N2O4S/c1-4-15(11,12)8-6(13-2)7(14-3)9-5-10-8/h5H,4H2,1-3H3. The number of aromatic nitrogens is 2. The van der Waals surface area contributed by atoms with E-state index in [-0.39, 0.29) is 22.4 Å². The first kappa shape index (κ1) is 11.7. The first-order valence-electron chi connectivity index (χ1n) is 4.22. The van der Waals surface area contributed by atoms with Crippen LogP contribution in [0, 0.1) is 0 Å². The van der Waals surface area contributed by atoms with Crippen LogP contribution in [0.25, 0.3) is 0 Å². The Kier molecular flexibility index (Phi) is 3.46. The molecule has 0 aliphatic rings. The van der Waals surface area contributed by atoms with Crippen LogP contribution in [0.15, 0.2) is 11.4 Å². The van der Waals surface area contributed by atoms with Gasteiger partial charge in [0.15, 0.2) is 9.84 Å². The van der Waals surface area contributed by atoms with E-state index in [0.717, 1.165) is 6.33 Å². The molecule has 7 heteroatoms. The maximum Gasteiger partial charge on any atom is 0.261 e. The second kappa shape index (κ2) is 4.43. The summed E-state index contributed by atoms with van der Waals surface area (Å²) in [7, 11) is -0.704. The molecule has 0 radical (unpaired) electrons. The number of hydrogen-bond donors (Lipinski definition) is 0. The molecule has 1 rings (SSSR count). The van der Waals surface area contributed by atoms with Crippen LogP contribution in [0.1, 0.15) is 6.92 Å². The average molecular weight is 232 g/mol. The lowest BCUT2D eigenvalue weighted by molar-refractivity contribution is 0.331. The maximum absolute atomic E-state index is 11.6. The Balaban J connectivity index is 3.43. The van der Waals surface area contributed by atoms with E-state index in [2.05, 4.69) is 9.97 Å². The monoisotopic (exact) mass is 232 g/mol. The van der Waals surface area contributed by atoms with E-state index < -0.39 is 9.84 Å². The highest BCUT2D eigenvalue weighted by molar-refractivity contribution is 7.91. The summed E-state index contributed by atoms with van der Waals surface area (Å²) < 4.78 is 33.0. The summed E-state index contributed by atoms with van der Waals surface area (Å²) in [5.41, 5.74) is 0. The lowest BCUT2D eigenvalue weighted by atomic mass is 10.5. The van der Waals surface area contributed by atoms with Gasteiger partial charge >= 0.3 is 0 Å². The van der Waals surface area contributed by atoms with Gasteiger partial charge in [0, 0.05) is 0 Å². The van der Waals surface area contributed by atoms with Crippen molar-refractivity contribution in [2.24, 2.45) is 0 Å². The Hall–Kier alpha value is -1.37.